The molecule has 0 aromatic heterocycles. The lowest BCUT2D eigenvalue weighted by Crippen LogP contribution is -2.59. The number of alkyl halides is 14. The minimum Gasteiger partial charge on any atom is -0.502 e. The number of hydrogen-bond donors (Lipinski definition) is 3. The summed E-state index contributed by atoms with van der Waals surface area (Å²) in [5, 5.41) is 24.3. The van der Waals surface area contributed by atoms with Crippen molar-refractivity contribution < 1.29 is 196 Å². The normalized spacial score (nSPS) is 11.9. The standard InChI is InChI=1S/C10H14O4.C9H8F8O2.C9H12O6.C6H7F3O2.C6H8O3.C6H12O.C5H5F3O2.C5H6O4.C5H4O3.C5H10O/c1-7(2)9(11)13-5-6-14-10(12)8(3)4;1-4(2)5(18)19-3-7(12,13)9(16,17)8(14,15)6(10)11;1-2-8(12)14-5-6-15-9(13)4-3-7(10)11;1-4(2)5(10)11-3-6(7,8)9;1-2-6(7)9-4-5-3-8-5;1-3-5-6-7-4-2;1-3(2)4(9)10-5(6,7)8;1-3(5(8)9)2-4(6)7;1-3-2-4(6)8-5(3)7;1-3-5-6-4-2/h1,3,5-6H2,2,4H3;6H,1,3H2,2H3;2H,1,3-6H2,(H,10,11);1,3H2,2H3;2,5H,1,3-4H2;4H,2-3,5-6H2,1H3;1H2,2H3;1-2H2,(H,6,7)(H,8,9);1-2H2;4H,2-3,5H2,1H3. The Hall–Kier alpha value is -11.0. The number of cyclic esters (lactones) is 2. The second-order valence-electron chi connectivity index (χ2n) is 19.7. The molecule has 616 valence electrons. The molecular weight excluding hydrogens is 1510 g/mol. The summed E-state index contributed by atoms with van der Waals surface area (Å²) in [4.78, 5) is 135. The van der Waals surface area contributed by atoms with Gasteiger partial charge in [-0.05, 0) is 47.5 Å². The van der Waals surface area contributed by atoms with Gasteiger partial charge in [0.2, 0.25) is 0 Å². The number of unbranched alkanes of at least 4 members (excludes halogenated alkanes) is 1. The number of carboxylic acids is 3. The average molecular weight is 1590 g/mol. The zero-order chi connectivity index (χ0) is 86.5. The molecule has 28 nitrogen and oxygen atoms in total. The van der Waals surface area contributed by atoms with Crippen LogP contribution in [-0.2, 0) is 119 Å². The number of rotatable bonds is 34. The van der Waals surface area contributed by atoms with E-state index in [9.17, 15) is 124 Å². The SMILES string of the molecule is C=C(C)C(=O)OC(F)(F)F.C=C(C)C(=O)OCC(F)(F)C(F)(F)C(F)(F)C(F)F.C=C(C)C(=O)OCC(F)(F)F.C=C(C)C(=O)OCCOC(=O)C(=C)C.C=C(CC(=O)O)C(=O)O.C=C1CC(=O)OC1=O.C=CC(=O)OCC1CO1.C=CC(=O)OCCOC(=O)CCC(=O)O.C=COCCC.C=COCCCC. The topological polar surface area (TPSA) is 397 Å². The minimum absolute atomic E-state index is 0.0325. The fourth-order valence-electron chi connectivity index (χ4n) is 3.99. The Bertz CT molecular complexity index is 2970. The second kappa shape index (κ2) is 62.3. The summed E-state index contributed by atoms with van der Waals surface area (Å²) in [5.41, 5.74) is -0.212. The highest BCUT2D eigenvalue weighted by Gasteiger charge is 2.75. The van der Waals surface area contributed by atoms with Gasteiger partial charge in [-0.25, -0.2) is 51.9 Å². The first-order chi connectivity index (χ1) is 49.3. The number of aliphatic carboxylic acids is 3. The van der Waals surface area contributed by atoms with E-state index in [1.165, 1.54) is 25.9 Å². The van der Waals surface area contributed by atoms with E-state index in [-0.39, 0.29) is 80.1 Å². The van der Waals surface area contributed by atoms with Gasteiger partial charge in [-0.1, -0.05) is 92.6 Å². The molecule has 3 N–H and O–H groups in total. The number of carbonyl (C=O) groups is 13. The predicted octanol–water partition coefficient (Wildman–Crippen LogP) is 11.7. The summed E-state index contributed by atoms with van der Waals surface area (Å²) in [6.45, 7) is 44.5. The Morgan fingerprint density at radius 1 is 0.537 bits per heavy atom. The molecule has 2 fully saturated rings. The molecule has 108 heavy (non-hydrogen) atoms. The van der Waals surface area contributed by atoms with Gasteiger partial charge in [-0.2, -0.15) is 39.5 Å². The van der Waals surface area contributed by atoms with Crippen molar-refractivity contribution in [3.63, 3.8) is 0 Å². The highest BCUT2D eigenvalue weighted by molar-refractivity contribution is 6.05. The number of carboxylic acid groups (broad SMARTS) is 3. The summed E-state index contributed by atoms with van der Waals surface area (Å²) in [7, 11) is 0. The van der Waals surface area contributed by atoms with Crippen molar-refractivity contribution in [2.75, 3.05) is 66.1 Å². The smallest absolute Gasteiger partial charge is 0.502 e. The number of epoxide rings is 1. The van der Waals surface area contributed by atoms with E-state index in [1.807, 2.05) is 0 Å². The van der Waals surface area contributed by atoms with Crippen molar-refractivity contribution in [1.29, 1.82) is 0 Å². The fraction of sp³-hybridized carbons (Fsp3) is 0.470. The molecule has 0 aliphatic carbocycles. The first kappa shape index (κ1) is 113. The quantitative estimate of drug-likeness (QED) is 0.00787. The second-order valence-corrected chi connectivity index (χ2v) is 19.7. The van der Waals surface area contributed by atoms with E-state index < -0.39 is 134 Å². The van der Waals surface area contributed by atoms with E-state index in [4.69, 9.17) is 29.5 Å². The van der Waals surface area contributed by atoms with E-state index in [2.05, 4.69) is 129 Å². The largest absolute Gasteiger partial charge is 0.575 e. The van der Waals surface area contributed by atoms with Crippen LogP contribution >= 0.6 is 0 Å². The van der Waals surface area contributed by atoms with Crippen molar-refractivity contribution in [2.45, 2.75) is 136 Å². The molecule has 0 spiro atoms. The van der Waals surface area contributed by atoms with Crippen LogP contribution in [0.15, 0.2) is 136 Å². The lowest BCUT2D eigenvalue weighted by atomic mass is 10.1. The van der Waals surface area contributed by atoms with E-state index >= 15 is 0 Å². The van der Waals surface area contributed by atoms with Gasteiger partial charge in [-0.3, -0.25) is 19.2 Å². The Kier molecular flexibility index (Phi) is 65.1. The number of hydrogen-bond acceptors (Lipinski definition) is 25. The summed E-state index contributed by atoms with van der Waals surface area (Å²) in [6.07, 6.45) is -6.69. The first-order valence-electron chi connectivity index (χ1n) is 29.7. The van der Waals surface area contributed by atoms with Crippen LogP contribution in [0.2, 0.25) is 0 Å². The van der Waals surface area contributed by atoms with Crippen molar-refractivity contribution >= 4 is 77.6 Å². The van der Waals surface area contributed by atoms with E-state index in [0.717, 1.165) is 52.1 Å². The van der Waals surface area contributed by atoms with Crippen LogP contribution in [0.1, 0.15) is 93.4 Å². The molecule has 2 rings (SSSR count). The van der Waals surface area contributed by atoms with Gasteiger partial charge in [-0.15, -0.1) is 13.2 Å². The highest BCUT2D eigenvalue weighted by atomic mass is 19.4. The van der Waals surface area contributed by atoms with Crippen LogP contribution in [0.5, 0.6) is 0 Å². The van der Waals surface area contributed by atoms with Crippen molar-refractivity contribution in [1.82, 2.24) is 0 Å². The van der Waals surface area contributed by atoms with Crippen LogP contribution in [0.3, 0.4) is 0 Å². The fourth-order valence-corrected chi connectivity index (χ4v) is 3.99. The average Bonchev–Trinajstić information content (AvgIpc) is 1.74. The van der Waals surface area contributed by atoms with Gasteiger partial charge in [0.1, 0.15) is 39.1 Å². The number of carbonyl (C=O) groups excluding carboxylic acids is 10. The third kappa shape index (κ3) is 72.0. The third-order valence-corrected chi connectivity index (χ3v) is 9.38. The maximum absolute atomic E-state index is 12.8. The van der Waals surface area contributed by atoms with Crippen LogP contribution < -0.4 is 0 Å². The number of halogens is 14. The Morgan fingerprint density at radius 3 is 1.21 bits per heavy atom. The monoisotopic (exact) mass is 1590 g/mol. The Morgan fingerprint density at radius 2 is 0.935 bits per heavy atom. The lowest BCUT2D eigenvalue weighted by Gasteiger charge is -2.31. The molecule has 0 bridgehead atoms. The van der Waals surface area contributed by atoms with Crippen molar-refractivity contribution in [3.05, 3.63) is 136 Å². The molecule has 42 heteroatoms. The van der Waals surface area contributed by atoms with Gasteiger partial charge >= 0.3 is 114 Å². The summed E-state index contributed by atoms with van der Waals surface area (Å²) in [6, 6.07) is 0. The van der Waals surface area contributed by atoms with Crippen molar-refractivity contribution in [2.24, 2.45) is 0 Å². The first-order valence-corrected chi connectivity index (χ1v) is 29.7. The predicted molar refractivity (Wildman–Crippen MR) is 348 cm³/mol. The Balaban J connectivity index is -0.000000174. The molecule has 0 amide bonds. The van der Waals surface area contributed by atoms with Crippen LogP contribution in [0, 0.1) is 0 Å². The third-order valence-electron chi connectivity index (χ3n) is 9.38. The van der Waals surface area contributed by atoms with Gasteiger partial charge in [0.25, 0.3) is 0 Å². The molecule has 1 atom stereocenters. The van der Waals surface area contributed by atoms with Crippen molar-refractivity contribution in [3.8, 4) is 0 Å². The van der Waals surface area contributed by atoms with Gasteiger partial charge in [0.15, 0.2) is 13.2 Å². The molecule has 2 heterocycles. The van der Waals surface area contributed by atoms with Gasteiger partial charge < -0.3 is 72.2 Å². The molecule has 0 saturated carbocycles. The zero-order valence-electron chi connectivity index (χ0n) is 59.6. The van der Waals surface area contributed by atoms with Crippen LogP contribution in [-0.4, -0.2) is 202 Å². The van der Waals surface area contributed by atoms with E-state index in [1.54, 1.807) is 13.8 Å². The number of ether oxygens (including phenoxy) is 12. The summed E-state index contributed by atoms with van der Waals surface area (Å²) >= 11 is 0. The molecule has 0 radical (unpaired) electrons. The van der Waals surface area contributed by atoms with Gasteiger partial charge in [0.05, 0.1) is 58.0 Å². The Labute approximate surface area is 610 Å². The molecular formula is C66H86F14O28. The molecule has 0 aromatic carbocycles. The summed E-state index contributed by atoms with van der Waals surface area (Å²) in [5.74, 6) is -29.5. The van der Waals surface area contributed by atoms with Crippen LogP contribution in [0.25, 0.3) is 0 Å². The molecule has 2 saturated heterocycles. The summed E-state index contributed by atoms with van der Waals surface area (Å²) < 4.78 is 219. The van der Waals surface area contributed by atoms with E-state index in [0.29, 0.717) is 24.4 Å². The molecule has 0 aromatic rings. The maximum atomic E-state index is 12.8. The maximum Gasteiger partial charge on any atom is 0.575 e. The molecule has 1 unspecified atom stereocenters. The van der Waals surface area contributed by atoms with Crippen LogP contribution in [0.4, 0.5) is 61.5 Å². The lowest BCUT2D eigenvalue weighted by molar-refractivity contribution is -0.344. The highest BCUT2D eigenvalue weighted by Crippen LogP contribution is 2.48. The zero-order valence-corrected chi connectivity index (χ0v) is 59.6. The molecule has 2 aliphatic rings. The number of esters is 10. The molecule has 2 aliphatic heterocycles. The minimum atomic E-state index is -6.39. The van der Waals surface area contributed by atoms with Gasteiger partial charge in [0, 0.05) is 51.2 Å².